The van der Waals surface area contributed by atoms with Crippen molar-refractivity contribution in [1.82, 2.24) is 0 Å². The number of rotatable bonds is 4. The SMILES string of the molecule is O=C1CN(C(=O)COC(=O)c2ccc(-c3cccc(C(F)(F)F)c3)o2)c2ccccc2N1. The Labute approximate surface area is 179 Å². The summed E-state index contributed by atoms with van der Waals surface area (Å²) < 4.78 is 49.0. The van der Waals surface area contributed by atoms with Crippen LogP contribution in [0.4, 0.5) is 24.5 Å². The topological polar surface area (TPSA) is 88.8 Å². The molecule has 4 rings (SSSR count). The van der Waals surface area contributed by atoms with Crippen LogP contribution in [-0.4, -0.2) is 30.9 Å². The molecule has 0 radical (unpaired) electrons. The van der Waals surface area contributed by atoms with E-state index in [9.17, 15) is 27.6 Å². The molecular weight excluding hydrogens is 429 g/mol. The molecule has 1 aliphatic rings. The summed E-state index contributed by atoms with van der Waals surface area (Å²) in [5, 5.41) is 2.64. The Bertz CT molecular complexity index is 1200. The molecule has 1 aliphatic heterocycles. The summed E-state index contributed by atoms with van der Waals surface area (Å²) in [6.45, 7) is -0.881. The number of anilines is 2. The molecular formula is C22H15F3N2O5. The van der Waals surface area contributed by atoms with Crippen LogP contribution in [0, 0.1) is 0 Å². The summed E-state index contributed by atoms with van der Waals surface area (Å²) in [5.41, 5.74) is 0.205. The van der Waals surface area contributed by atoms with E-state index in [0.717, 1.165) is 12.1 Å². The third-order valence-corrected chi connectivity index (χ3v) is 4.68. The lowest BCUT2D eigenvalue weighted by Gasteiger charge is -2.28. The molecule has 0 aliphatic carbocycles. The molecule has 0 saturated carbocycles. The van der Waals surface area contributed by atoms with Gasteiger partial charge >= 0.3 is 12.1 Å². The lowest BCUT2D eigenvalue weighted by Crippen LogP contribution is -2.44. The number of carbonyl (C=O) groups is 3. The highest BCUT2D eigenvalue weighted by Crippen LogP contribution is 2.33. The summed E-state index contributed by atoms with van der Waals surface area (Å²) >= 11 is 0. The molecule has 0 spiro atoms. The van der Waals surface area contributed by atoms with Crippen molar-refractivity contribution in [3.05, 3.63) is 72.0 Å². The van der Waals surface area contributed by atoms with Gasteiger partial charge in [-0.1, -0.05) is 24.3 Å². The number of ether oxygens (including phenoxy) is 1. The van der Waals surface area contributed by atoms with Gasteiger partial charge in [0, 0.05) is 5.56 Å². The second-order valence-corrected chi connectivity index (χ2v) is 6.86. The number of furan rings is 1. The van der Waals surface area contributed by atoms with Gasteiger partial charge in [0.25, 0.3) is 5.91 Å². The first-order valence-electron chi connectivity index (χ1n) is 9.36. The molecule has 1 aromatic heterocycles. The zero-order chi connectivity index (χ0) is 22.9. The van der Waals surface area contributed by atoms with Crippen molar-refractivity contribution in [1.29, 1.82) is 0 Å². The molecule has 0 bridgehead atoms. The maximum absolute atomic E-state index is 12.9. The Morgan fingerprint density at radius 2 is 1.84 bits per heavy atom. The van der Waals surface area contributed by atoms with Gasteiger partial charge in [0.1, 0.15) is 12.3 Å². The molecule has 2 aromatic carbocycles. The first kappa shape index (κ1) is 21.2. The van der Waals surface area contributed by atoms with Crippen LogP contribution in [0.1, 0.15) is 16.1 Å². The van der Waals surface area contributed by atoms with Crippen LogP contribution in [0.2, 0.25) is 0 Å². The summed E-state index contributed by atoms with van der Waals surface area (Å²) in [7, 11) is 0. The molecule has 32 heavy (non-hydrogen) atoms. The Hall–Kier alpha value is -4.08. The van der Waals surface area contributed by atoms with Crippen molar-refractivity contribution in [2.45, 2.75) is 6.18 Å². The highest BCUT2D eigenvalue weighted by Gasteiger charge is 2.31. The van der Waals surface area contributed by atoms with Crippen molar-refractivity contribution >= 4 is 29.2 Å². The number of esters is 1. The highest BCUT2D eigenvalue weighted by atomic mass is 19.4. The number of nitrogens with zero attached hydrogens (tertiary/aromatic N) is 1. The van der Waals surface area contributed by atoms with Gasteiger partial charge in [-0.2, -0.15) is 13.2 Å². The van der Waals surface area contributed by atoms with Gasteiger partial charge in [0.15, 0.2) is 6.61 Å². The lowest BCUT2D eigenvalue weighted by atomic mass is 10.1. The smallest absolute Gasteiger partial charge is 0.416 e. The third kappa shape index (κ3) is 4.34. The van der Waals surface area contributed by atoms with Gasteiger partial charge in [-0.15, -0.1) is 0 Å². The zero-order valence-corrected chi connectivity index (χ0v) is 16.3. The summed E-state index contributed by atoms with van der Waals surface area (Å²) in [6.07, 6.45) is -4.52. The molecule has 1 N–H and O–H groups in total. The van der Waals surface area contributed by atoms with Crippen LogP contribution < -0.4 is 10.2 Å². The average Bonchev–Trinajstić information content (AvgIpc) is 3.26. The van der Waals surface area contributed by atoms with Gasteiger partial charge in [0.05, 0.1) is 16.9 Å². The number of hydrogen-bond acceptors (Lipinski definition) is 5. The molecule has 0 atom stereocenters. The first-order valence-corrected chi connectivity index (χ1v) is 9.36. The minimum absolute atomic E-state index is 0.0380. The van der Waals surface area contributed by atoms with E-state index >= 15 is 0 Å². The van der Waals surface area contributed by atoms with Gasteiger partial charge in [-0.05, 0) is 36.4 Å². The molecule has 0 saturated heterocycles. The minimum Gasteiger partial charge on any atom is -0.450 e. The molecule has 2 heterocycles. The van der Waals surface area contributed by atoms with E-state index in [1.165, 1.54) is 29.2 Å². The van der Waals surface area contributed by atoms with Crippen LogP contribution in [0.3, 0.4) is 0 Å². The van der Waals surface area contributed by atoms with Gasteiger partial charge in [-0.25, -0.2) is 4.79 Å². The number of hydrogen-bond donors (Lipinski definition) is 1. The monoisotopic (exact) mass is 444 g/mol. The van der Waals surface area contributed by atoms with Crippen LogP contribution in [0.25, 0.3) is 11.3 Å². The van der Waals surface area contributed by atoms with Gasteiger partial charge < -0.3 is 14.5 Å². The maximum atomic E-state index is 12.9. The van der Waals surface area contributed by atoms with Crippen molar-refractivity contribution in [2.75, 3.05) is 23.4 Å². The normalized spacial score (nSPS) is 13.3. The number of nitrogens with one attached hydrogen (secondary N) is 1. The molecule has 10 heteroatoms. The summed E-state index contributed by atoms with van der Waals surface area (Å²) in [6, 6.07) is 13.7. The highest BCUT2D eigenvalue weighted by molar-refractivity contribution is 6.10. The van der Waals surface area contributed by atoms with Crippen molar-refractivity contribution in [2.24, 2.45) is 0 Å². The number of alkyl halides is 3. The number of benzene rings is 2. The Morgan fingerprint density at radius 1 is 1.06 bits per heavy atom. The summed E-state index contributed by atoms with van der Waals surface area (Å²) in [4.78, 5) is 37.8. The van der Waals surface area contributed by atoms with Crippen molar-refractivity contribution < 1.29 is 36.7 Å². The molecule has 0 fully saturated rings. The third-order valence-electron chi connectivity index (χ3n) is 4.68. The predicted molar refractivity (Wildman–Crippen MR) is 107 cm³/mol. The second-order valence-electron chi connectivity index (χ2n) is 6.86. The number of amides is 2. The average molecular weight is 444 g/mol. The van der Waals surface area contributed by atoms with E-state index in [0.29, 0.717) is 11.4 Å². The lowest BCUT2D eigenvalue weighted by molar-refractivity contribution is -0.137. The number of para-hydroxylation sites is 2. The fourth-order valence-corrected chi connectivity index (χ4v) is 3.18. The van der Waals surface area contributed by atoms with Gasteiger partial charge in [0.2, 0.25) is 11.7 Å². The molecule has 0 unspecified atom stereocenters. The number of halogens is 3. The minimum atomic E-state index is -4.52. The summed E-state index contributed by atoms with van der Waals surface area (Å²) in [5.74, 6) is -2.21. The fraction of sp³-hybridized carbons (Fsp3) is 0.136. The predicted octanol–water partition coefficient (Wildman–Crippen LogP) is 4.11. The van der Waals surface area contributed by atoms with Gasteiger partial charge in [-0.3, -0.25) is 14.5 Å². The van der Waals surface area contributed by atoms with Crippen molar-refractivity contribution in [3.63, 3.8) is 0 Å². The van der Waals surface area contributed by atoms with E-state index in [2.05, 4.69) is 5.32 Å². The number of fused-ring (bicyclic) bond motifs is 1. The largest absolute Gasteiger partial charge is 0.450 e. The molecule has 7 nitrogen and oxygen atoms in total. The van der Waals surface area contributed by atoms with E-state index in [-0.39, 0.29) is 29.5 Å². The zero-order valence-electron chi connectivity index (χ0n) is 16.3. The van der Waals surface area contributed by atoms with E-state index in [1.54, 1.807) is 24.3 Å². The molecule has 3 aromatic rings. The quantitative estimate of drug-likeness (QED) is 0.612. The van der Waals surface area contributed by atoms with E-state index in [4.69, 9.17) is 9.15 Å². The Kier molecular flexibility index (Phi) is 5.43. The standard InChI is InChI=1S/C22H15F3N2O5/c23-22(24,25)14-5-3-4-13(10-14)17-8-9-18(32-17)21(30)31-12-20(29)27-11-19(28)26-15-6-1-2-7-16(15)27/h1-10H,11-12H2,(H,26,28). The first-order chi connectivity index (χ1) is 15.2. The molecule has 2 amide bonds. The number of carbonyl (C=O) groups excluding carboxylic acids is 3. The van der Waals surface area contributed by atoms with Crippen LogP contribution in [0.5, 0.6) is 0 Å². The Balaban J connectivity index is 1.43. The maximum Gasteiger partial charge on any atom is 0.416 e. The van der Waals surface area contributed by atoms with Crippen LogP contribution >= 0.6 is 0 Å². The molecule has 164 valence electrons. The van der Waals surface area contributed by atoms with Crippen molar-refractivity contribution in [3.8, 4) is 11.3 Å². The van der Waals surface area contributed by atoms with Crippen LogP contribution in [-0.2, 0) is 20.5 Å². The Morgan fingerprint density at radius 3 is 2.62 bits per heavy atom. The second kappa shape index (κ2) is 8.22. The fourth-order valence-electron chi connectivity index (χ4n) is 3.18. The van der Waals surface area contributed by atoms with E-state index in [1.807, 2.05) is 0 Å². The van der Waals surface area contributed by atoms with E-state index < -0.39 is 30.2 Å². The van der Waals surface area contributed by atoms with Crippen LogP contribution in [0.15, 0.2) is 65.1 Å².